The third-order valence-corrected chi connectivity index (χ3v) is 6.00. The van der Waals surface area contributed by atoms with Gasteiger partial charge in [0.2, 0.25) is 0 Å². The Balaban J connectivity index is 1.58. The molecule has 2 saturated carbocycles. The van der Waals surface area contributed by atoms with Gasteiger partial charge < -0.3 is 9.84 Å². The number of nitrogens with zero attached hydrogens (tertiary/aromatic N) is 2. The SMILES string of the molecule is O=C(O)c1cc2cn(C3CCC(CCI)CC3)nc2cc1OC1CC1. The van der Waals surface area contributed by atoms with Crippen molar-refractivity contribution in [2.45, 2.75) is 57.1 Å². The molecule has 0 spiro atoms. The van der Waals surface area contributed by atoms with Crippen LogP contribution in [0.15, 0.2) is 18.3 Å². The summed E-state index contributed by atoms with van der Waals surface area (Å²) in [5.41, 5.74) is 1.07. The number of carbonyl (C=O) groups is 1. The van der Waals surface area contributed by atoms with Crippen molar-refractivity contribution in [2.75, 3.05) is 4.43 Å². The number of benzene rings is 1. The van der Waals surface area contributed by atoms with Crippen LogP contribution >= 0.6 is 22.6 Å². The van der Waals surface area contributed by atoms with Gasteiger partial charge in [-0.2, -0.15) is 5.10 Å². The fourth-order valence-electron chi connectivity index (χ4n) is 3.74. The minimum atomic E-state index is -0.940. The summed E-state index contributed by atoms with van der Waals surface area (Å²) in [5.74, 6) is 0.374. The second kappa shape index (κ2) is 7.13. The van der Waals surface area contributed by atoms with E-state index < -0.39 is 5.97 Å². The summed E-state index contributed by atoms with van der Waals surface area (Å²) >= 11 is 2.46. The minimum absolute atomic E-state index is 0.172. The first kappa shape index (κ1) is 17.1. The van der Waals surface area contributed by atoms with Crippen molar-refractivity contribution in [2.24, 2.45) is 5.92 Å². The van der Waals surface area contributed by atoms with Crippen molar-refractivity contribution in [1.29, 1.82) is 0 Å². The lowest BCUT2D eigenvalue weighted by Crippen LogP contribution is -2.18. The van der Waals surface area contributed by atoms with Crippen molar-refractivity contribution >= 4 is 39.5 Å². The van der Waals surface area contributed by atoms with Crippen LogP contribution < -0.4 is 4.74 Å². The monoisotopic (exact) mass is 454 g/mol. The lowest BCUT2D eigenvalue weighted by molar-refractivity contribution is 0.0692. The van der Waals surface area contributed by atoms with Gasteiger partial charge in [0.1, 0.15) is 11.3 Å². The number of fused-ring (bicyclic) bond motifs is 1. The highest BCUT2D eigenvalue weighted by molar-refractivity contribution is 14.1. The predicted molar refractivity (Wildman–Crippen MR) is 105 cm³/mol. The topological polar surface area (TPSA) is 64.3 Å². The molecular formula is C19H23IN2O3. The van der Waals surface area contributed by atoms with Crippen LogP contribution in [-0.2, 0) is 0 Å². The molecule has 0 bridgehead atoms. The number of aromatic carboxylic acids is 1. The van der Waals surface area contributed by atoms with Gasteiger partial charge in [-0.25, -0.2) is 4.79 Å². The van der Waals surface area contributed by atoms with E-state index in [-0.39, 0.29) is 11.7 Å². The Kier molecular flexibility index (Phi) is 4.88. The van der Waals surface area contributed by atoms with Crippen LogP contribution in [0.5, 0.6) is 5.75 Å². The molecule has 134 valence electrons. The quantitative estimate of drug-likeness (QED) is 0.502. The molecule has 2 aliphatic rings. The van der Waals surface area contributed by atoms with Gasteiger partial charge in [0, 0.05) is 17.6 Å². The Bertz CT molecular complexity index is 776. The second-order valence-electron chi connectivity index (χ2n) is 7.29. The zero-order valence-corrected chi connectivity index (χ0v) is 16.3. The largest absolute Gasteiger partial charge is 0.489 e. The molecule has 0 amide bonds. The van der Waals surface area contributed by atoms with Crippen molar-refractivity contribution in [3.8, 4) is 5.75 Å². The number of carboxylic acid groups (broad SMARTS) is 1. The maximum Gasteiger partial charge on any atom is 0.339 e. The highest BCUT2D eigenvalue weighted by Gasteiger charge is 2.27. The molecule has 0 aliphatic heterocycles. The number of hydrogen-bond acceptors (Lipinski definition) is 3. The highest BCUT2D eigenvalue weighted by atomic mass is 127. The Morgan fingerprint density at radius 2 is 2.00 bits per heavy atom. The van der Waals surface area contributed by atoms with E-state index in [4.69, 9.17) is 9.84 Å². The van der Waals surface area contributed by atoms with Gasteiger partial charge >= 0.3 is 5.97 Å². The summed E-state index contributed by atoms with van der Waals surface area (Å²) in [7, 11) is 0. The molecule has 1 N–H and O–H groups in total. The van der Waals surface area contributed by atoms with Gasteiger partial charge in [0.05, 0.1) is 17.7 Å². The van der Waals surface area contributed by atoms with Crippen molar-refractivity contribution in [3.05, 3.63) is 23.9 Å². The lowest BCUT2D eigenvalue weighted by atomic mass is 9.85. The zero-order valence-electron chi connectivity index (χ0n) is 14.2. The molecule has 6 heteroatoms. The minimum Gasteiger partial charge on any atom is -0.489 e. The van der Waals surface area contributed by atoms with Gasteiger partial charge in [-0.1, -0.05) is 22.6 Å². The van der Waals surface area contributed by atoms with E-state index in [9.17, 15) is 9.90 Å². The molecule has 0 saturated heterocycles. The fraction of sp³-hybridized carbons (Fsp3) is 0.579. The molecule has 1 aromatic heterocycles. The van der Waals surface area contributed by atoms with Crippen LogP contribution in [0, 0.1) is 5.92 Å². The van der Waals surface area contributed by atoms with Crippen molar-refractivity contribution < 1.29 is 14.6 Å². The Morgan fingerprint density at radius 1 is 1.24 bits per heavy atom. The first-order valence-corrected chi connectivity index (χ1v) is 10.7. The molecule has 1 heterocycles. The van der Waals surface area contributed by atoms with Gasteiger partial charge in [0.25, 0.3) is 0 Å². The number of alkyl halides is 1. The Morgan fingerprint density at radius 3 is 2.64 bits per heavy atom. The number of halogens is 1. The van der Waals surface area contributed by atoms with E-state index >= 15 is 0 Å². The molecule has 25 heavy (non-hydrogen) atoms. The van der Waals surface area contributed by atoms with E-state index in [0.29, 0.717) is 11.8 Å². The van der Waals surface area contributed by atoms with E-state index in [1.807, 2.05) is 6.20 Å². The predicted octanol–water partition coefficient (Wildman–Crippen LogP) is 4.83. The molecule has 2 aromatic rings. The molecule has 4 rings (SSSR count). The zero-order chi connectivity index (χ0) is 17.4. The maximum absolute atomic E-state index is 11.6. The third kappa shape index (κ3) is 3.78. The summed E-state index contributed by atoms with van der Waals surface area (Å²) in [5, 5.41) is 15.1. The fourth-order valence-corrected chi connectivity index (χ4v) is 4.62. The average Bonchev–Trinajstić information content (AvgIpc) is 3.31. The number of ether oxygens (including phenoxy) is 1. The van der Waals surface area contributed by atoms with Crippen LogP contribution in [0.25, 0.3) is 10.9 Å². The van der Waals surface area contributed by atoms with Crippen LogP contribution in [0.1, 0.15) is 61.3 Å². The standard InChI is InChI=1S/C19H23IN2O3/c20-8-7-12-1-3-14(4-2-12)22-11-13-9-16(19(23)24)18(10-17(13)21-22)25-15-5-6-15/h9-12,14-15H,1-8H2,(H,23,24). The molecule has 0 atom stereocenters. The second-order valence-corrected chi connectivity index (χ2v) is 8.37. The summed E-state index contributed by atoms with van der Waals surface area (Å²) in [6.07, 6.45) is 10.4. The van der Waals surface area contributed by atoms with Gasteiger partial charge in [-0.3, -0.25) is 4.68 Å². The van der Waals surface area contributed by atoms with Gasteiger partial charge in [-0.05, 0) is 61.4 Å². The average molecular weight is 454 g/mol. The molecule has 0 unspecified atom stereocenters. The van der Waals surface area contributed by atoms with Crippen LogP contribution in [0.3, 0.4) is 0 Å². The molecule has 0 radical (unpaired) electrons. The molecule has 2 fully saturated rings. The summed E-state index contributed by atoms with van der Waals surface area (Å²) in [4.78, 5) is 11.6. The normalized spacial score (nSPS) is 23.7. The highest BCUT2D eigenvalue weighted by Crippen LogP contribution is 2.36. The summed E-state index contributed by atoms with van der Waals surface area (Å²) < 4.78 is 9.08. The van der Waals surface area contributed by atoms with Crippen LogP contribution in [0.4, 0.5) is 0 Å². The molecule has 2 aliphatic carbocycles. The van der Waals surface area contributed by atoms with E-state index in [1.54, 1.807) is 12.1 Å². The third-order valence-electron chi connectivity index (χ3n) is 5.38. The van der Waals surface area contributed by atoms with Crippen LogP contribution in [0.2, 0.25) is 0 Å². The summed E-state index contributed by atoms with van der Waals surface area (Å²) in [6.45, 7) is 0. The van der Waals surface area contributed by atoms with E-state index in [2.05, 4.69) is 27.3 Å². The van der Waals surface area contributed by atoms with E-state index in [1.165, 1.54) is 23.7 Å². The number of carboxylic acids is 1. The van der Waals surface area contributed by atoms with Gasteiger partial charge in [-0.15, -0.1) is 0 Å². The molecule has 1 aromatic carbocycles. The van der Waals surface area contributed by atoms with Crippen molar-refractivity contribution in [1.82, 2.24) is 9.78 Å². The van der Waals surface area contributed by atoms with E-state index in [0.717, 1.165) is 42.5 Å². The van der Waals surface area contributed by atoms with Crippen LogP contribution in [-0.4, -0.2) is 31.4 Å². The van der Waals surface area contributed by atoms with Gasteiger partial charge in [0.15, 0.2) is 0 Å². The smallest absolute Gasteiger partial charge is 0.339 e. The lowest BCUT2D eigenvalue weighted by Gasteiger charge is -2.28. The maximum atomic E-state index is 11.6. The molecular weight excluding hydrogens is 431 g/mol. The number of aromatic nitrogens is 2. The summed E-state index contributed by atoms with van der Waals surface area (Å²) in [6, 6.07) is 3.94. The first-order valence-electron chi connectivity index (χ1n) is 9.13. The van der Waals surface area contributed by atoms with Crippen molar-refractivity contribution in [3.63, 3.8) is 0 Å². The Hall–Kier alpha value is -1.31. The number of rotatable bonds is 6. The Labute approximate surface area is 160 Å². The number of hydrogen-bond donors (Lipinski definition) is 1. The first-order chi connectivity index (χ1) is 12.1. The molecule has 5 nitrogen and oxygen atoms in total.